The lowest BCUT2D eigenvalue weighted by Gasteiger charge is -2.15. The van der Waals surface area contributed by atoms with Gasteiger partial charge >= 0.3 is 0 Å². The molecule has 0 saturated carbocycles. The normalized spacial score (nSPS) is 15.1. The van der Waals surface area contributed by atoms with Crippen LogP contribution >= 0.6 is 11.6 Å². The van der Waals surface area contributed by atoms with Crippen LogP contribution < -0.4 is 14.8 Å². The second-order valence-corrected chi connectivity index (χ2v) is 8.08. The highest BCUT2D eigenvalue weighted by atomic mass is 35.5. The number of pyridine rings is 2. The number of hydrogen-bond donors (Lipinski definition) is 1. The Morgan fingerprint density at radius 3 is 2.94 bits per heavy atom. The second-order valence-electron chi connectivity index (χ2n) is 7.65. The first-order chi connectivity index (χ1) is 16.6. The molecule has 0 aliphatic carbocycles. The van der Waals surface area contributed by atoms with E-state index in [1.807, 2.05) is 35.7 Å². The van der Waals surface area contributed by atoms with Gasteiger partial charge in [-0.05, 0) is 12.1 Å². The van der Waals surface area contributed by atoms with Crippen LogP contribution in [0.1, 0.15) is 18.3 Å². The van der Waals surface area contributed by atoms with Crippen molar-refractivity contribution in [3.8, 4) is 22.9 Å². The van der Waals surface area contributed by atoms with E-state index in [-0.39, 0.29) is 6.10 Å². The third kappa shape index (κ3) is 3.75. The summed E-state index contributed by atoms with van der Waals surface area (Å²) in [6.45, 7) is 0.442. The summed E-state index contributed by atoms with van der Waals surface area (Å²) in [4.78, 5) is 13.0. The number of rotatable bonds is 5. The molecule has 0 fully saturated rings. The Balaban J connectivity index is 1.34. The molecule has 1 N–H and O–H groups in total. The zero-order chi connectivity index (χ0) is 23.1. The molecule has 0 saturated heterocycles. The Bertz CT molecular complexity index is 1500. The number of anilines is 2. The molecule has 11 nitrogen and oxygen atoms in total. The Hall–Kier alpha value is -4.25. The van der Waals surface area contributed by atoms with Gasteiger partial charge in [0.25, 0.3) is 0 Å². The van der Waals surface area contributed by atoms with Gasteiger partial charge in [-0.3, -0.25) is 9.67 Å². The fourth-order valence-corrected chi connectivity index (χ4v) is 3.96. The summed E-state index contributed by atoms with van der Waals surface area (Å²) in [5.74, 6) is 3.06. The highest BCUT2D eigenvalue weighted by Crippen LogP contribution is 2.33. The minimum atomic E-state index is -0.365. The highest BCUT2D eigenvalue weighted by Gasteiger charge is 2.26. The molecule has 6 heterocycles. The number of nitrogens with zero attached hydrogens (tertiary/aromatic N) is 8. The van der Waals surface area contributed by atoms with Crippen molar-refractivity contribution in [1.82, 2.24) is 39.3 Å². The maximum Gasteiger partial charge on any atom is 0.228 e. The van der Waals surface area contributed by atoms with Crippen molar-refractivity contribution in [2.75, 3.05) is 11.9 Å². The summed E-state index contributed by atoms with van der Waals surface area (Å²) in [5.41, 5.74) is 2.17. The van der Waals surface area contributed by atoms with Crippen molar-refractivity contribution in [2.45, 2.75) is 12.5 Å². The molecule has 34 heavy (non-hydrogen) atoms. The smallest absolute Gasteiger partial charge is 0.228 e. The van der Waals surface area contributed by atoms with Crippen molar-refractivity contribution in [3.63, 3.8) is 0 Å². The van der Waals surface area contributed by atoms with E-state index in [4.69, 9.17) is 21.1 Å². The third-order valence-electron chi connectivity index (χ3n) is 5.39. The number of aromatic nitrogens is 8. The molecule has 5 aromatic heterocycles. The van der Waals surface area contributed by atoms with Gasteiger partial charge in [0.2, 0.25) is 11.8 Å². The predicted octanol–water partition coefficient (Wildman–Crippen LogP) is 3.61. The fourth-order valence-electron chi connectivity index (χ4n) is 3.79. The quantitative estimate of drug-likeness (QED) is 0.406. The molecule has 0 spiro atoms. The van der Waals surface area contributed by atoms with E-state index in [0.29, 0.717) is 52.8 Å². The maximum atomic E-state index is 6.13. The van der Waals surface area contributed by atoms with E-state index in [1.165, 1.54) is 0 Å². The lowest BCUT2D eigenvalue weighted by molar-refractivity contribution is 0.165. The van der Waals surface area contributed by atoms with Crippen molar-refractivity contribution in [1.29, 1.82) is 0 Å². The minimum absolute atomic E-state index is 0.365. The van der Waals surface area contributed by atoms with Gasteiger partial charge < -0.3 is 14.8 Å². The van der Waals surface area contributed by atoms with Crippen LogP contribution in [-0.4, -0.2) is 45.9 Å². The van der Waals surface area contributed by atoms with E-state index in [1.54, 1.807) is 35.5 Å². The topological polar surface area (TPSA) is 117 Å². The van der Waals surface area contributed by atoms with Crippen LogP contribution in [0.25, 0.3) is 16.9 Å². The summed E-state index contributed by atoms with van der Waals surface area (Å²) in [6.07, 6.45) is 6.80. The van der Waals surface area contributed by atoms with Crippen molar-refractivity contribution in [2.24, 2.45) is 7.05 Å². The van der Waals surface area contributed by atoms with Gasteiger partial charge in [-0.2, -0.15) is 5.10 Å². The standard InChI is InChI=1S/C22H18ClN9O2/c1-31-18(3-6-26-31)28-22-25-5-2-16(27-22)13-8-19-29-30-21-17(4-7-33-20(9-13)32(19)21)34-15-10-14(23)11-24-12-15/h2-3,5-6,8-12,17H,4,7H2,1H3,(H,25,27,28)/t17-/m1/s1. The zero-order valence-electron chi connectivity index (χ0n) is 18.0. The Kier molecular flexibility index (Phi) is 4.95. The van der Waals surface area contributed by atoms with Crippen LogP contribution in [-0.2, 0) is 7.05 Å². The Morgan fingerprint density at radius 1 is 1.15 bits per heavy atom. The van der Waals surface area contributed by atoms with Gasteiger partial charge in [0.15, 0.2) is 17.6 Å². The molecular weight excluding hydrogens is 458 g/mol. The van der Waals surface area contributed by atoms with Gasteiger partial charge in [0, 0.05) is 49.6 Å². The number of ether oxygens (including phenoxy) is 2. The van der Waals surface area contributed by atoms with Crippen LogP contribution in [0, 0.1) is 0 Å². The van der Waals surface area contributed by atoms with Crippen LogP contribution in [0.15, 0.2) is 55.1 Å². The summed E-state index contributed by atoms with van der Waals surface area (Å²) in [7, 11) is 1.84. The Labute approximate surface area is 198 Å². The molecule has 6 rings (SSSR count). The molecule has 5 aromatic rings. The van der Waals surface area contributed by atoms with Gasteiger partial charge in [-0.15, -0.1) is 10.2 Å². The molecular formula is C22H18ClN9O2. The van der Waals surface area contributed by atoms with Gasteiger partial charge in [0.1, 0.15) is 11.6 Å². The molecule has 12 heteroatoms. The van der Waals surface area contributed by atoms with Crippen LogP contribution in [0.2, 0.25) is 5.02 Å². The van der Waals surface area contributed by atoms with Gasteiger partial charge in [0.05, 0.1) is 29.7 Å². The zero-order valence-corrected chi connectivity index (χ0v) is 18.7. The predicted molar refractivity (Wildman–Crippen MR) is 123 cm³/mol. The molecule has 1 aliphatic heterocycles. The monoisotopic (exact) mass is 475 g/mol. The third-order valence-corrected chi connectivity index (χ3v) is 5.59. The largest absolute Gasteiger partial charge is 0.481 e. The van der Waals surface area contributed by atoms with Gasteiger partial charge in [-0.25, -0.2) is 14.4 Å². The average Bonchev–Trinajstić information content (AvgIpc) is 3.40. The van der Waals surface area contributed by atoms with Crippen molar-refractivity contribution < 1.29 is 9.47 Å². The number of aryl methyl sites for hydroxylation is 1. The fraction of sp³-hybridized carbons (Fsp3) is 0.182. The molecule has 0 radical (unpaired) electrons. The molecule has 1 aliphatic rings. The first kappa shape index (κ1) is 20.4. The maximum absolute atomic E-state index is 6.13. The van der Waals surface area contributed by atoms with Crippen molar-refractivity contribution >= 4 is 29.0 Å². The summed E-state index contributed by atoms with van der Waals surface area (Å²) < 4.78 is 15.7. The summed E-state index contributed by atoms with van der Waals surface area (Å²) in [6, 6.07) is 9.22. The van der Waals surface area contributed by atoms with Crippen LogP contribution in [0.5, 0.6) is 11.6 Å². The average molecular weight is 476 g/mol. The number of nitrogens with one attached hydrogen (secondary N) is 1. The Morgan fingerprint density at radius 2 is 2.09 bits per heavy atom. The van der Waals surface area contributed by atoms with Crippen LogP contribution in [0.3, 0.4) is 0 Å². The first-order valence-corrected chi connectivity index (χ1v) is 10.9. The van der Waals surface area contributed by atoms with Crippen LogP contribution in [0.4, 0.5) is 11.8 Å². The van der Waals surface area contributed by atoms with E-state index < -0.39 is 0 Å². The van der Waals surface area contributed by atoms with E-state index in [2.05, 4.69) is 35.6 Å². The second kappa shape index (κ2) is 8.27. The van der Waals surface area contributed by atoms with E-state index in [9.17, 15) is 0 Å². The molecule has 1 atom stereocenters. The molecule has 0 amide bonds. The SMILES string of the molecule is Cn1nccc1Nc1nccc(-c2cc3n4c(nnc4c2)[C@H](Oc2cncc(Cl)c2)CCO3)n1. The lowest BCUT2D eigenvalue weighted by Crippen LogP contribution is -2.12. The first-order valence-electron chi connectivity index (χ1n) is 10.5. The summed E-state index contributed by atoms with van der Waals surface area (Å²) in [5, 5.41) is 16.6. The molecule has 0 bridgehead atoms. The molecule has 0 unspecified atom stereocenters. The van der Waals surface area contributed by atoms with Crippen molar-refractivity contribution in [3.05, 3.63) is 66.0 Å². The lowest BCUT2D eigenvalue weighted by atomic mass is 10.2. The minimum Gasteiger partial charge on any atom is -0.481 e. The highest BCUT2D eigenvalue weighted by molar-refractivity contribution is 6.30. The van der Waals surface area contributed by atoms with E-state index >= 15 is 0 Å². The summed E-state index contributed by atoms with van der Waals surface area (Å²) >= 11 is 6.05. The molecule has 170 valence electrons. The number of halogens is 1. The van der Waals surface area contributed by atoms with Gasteiger partial charge in [-0.1, -0.05) is 11.6 Å². The molecule has 0 aromatic carbocycles. The van der Waals surface area contributed by atoms with E-state index in [0.717, 1.165) is 11.4 Å². The number of hydrogen-bond acceptors (Lipinski definition) is 9.